The maximum Gasteiger partial charge on any atom is 0.0310 e. The van der Waals surface area contributed by atoms with Crippen LogP contribution in [-0.4, -0.2) is 0 Å². The summed E-state index contributed by atoms with van der Waals surface area (Å²) in [4.78, 5) is 0. The van der Waals surface area contributed by atoms with Gasteiger partial charge in [-0.05, 0) is 62.3 Å². The first-order chi connectivity index (χ1) is 11.5. The van der Waals surface area contributed by atoms with E-state index in [-0.39, 0.29) is 0 Å². The van der Waals surface area contributed by atoms with Crippen molar-refractivity contribution in [2.75, 3.05) is 0 Å². The number of benzene rings is 2. The van der Waals surface area contributed by atoms with Crippen LogP contribution in [0.3, 0.4) is 0 Å². The quantitative estimate of drug-likeness (QED) is 0.609. The third kappa shape index (κ3) is 3.38. The average Bonchev–Trinajstić information content (AvgIpc) is 2.50. The third-order valence-electron chi connectivity index (χ3n) is 4.87. The second kappa shape index (κ2) is 6.81. The van der Waals surface area contributed by atoms with Crippen molar-refractivity contribution in [3.63, 3.8) is 0 Å². The van der Waals surface area contributed by atoms with E-state index in [0.717, 1.165) is 0 Å². The lowest BCUT2D eigenvalue weighted by Gasteiger charge is -2.29. The molecule has 1 aliphatic carbocycles. The lowest BCUT2D eigenvalue weighted by molar-refractivity contribution is 0.793. The summed E-state index contributed by atoms with van der Waals surface area (Å²) in [6.45, 7) is 11.2. The largest absolute Gasteiger partial charge is 0.0781 e. The van der Waals surface area contributed by atoms with E-state index in [2.05, 4.69) is 95.7 Å². The Kier molecular flexibility index (Phi) is 4.76. The number of rotatable bonds is 3. The minimum atomic E-state index is 0.304. The second-order valence-electron chi connectivity index (χ2n) is 7.24. The van der Waals surface area contributed by atoms with E-state index < -0.39 is 0 Å². The Labute approximate surface area is 146 Å². The zero-order valence-electron chi connectivity index (χ0n) is 15.4. The van der Waals surface area contributed by atoms with Gasteiger partial charge in [-0.3, -0.25) is 0 Å². The average molecular weight is 315 g/mol. The monoisotopic (exact) mass is 315 g/mol. The highest BCUT2D eigenvalue weighted by atomic mass is 14.3. The van der Waals surface area contributed by atoms with Crippen LogP contribution < -0.4 is 0 Å². The Balaban J connectivity index is 2.20. The zero-order chi connectivity index (χ0) is 17.3. The first-order valence-electron chi connectivity index (χ1n) is 8.83. The molecule has 0 heterocycles. The number of allylic oxidation sites excluding steroid dienone is 4. The maximum absolute atomic E-state index is 2.42. The molecule has 0 nitrogen and oxygen atoms in total. The molecule has 0 amide bonds. The van der Waals surface area contributed by atoms with Crippen molar-refractivity contribution in [2.45, 2.75) is 40.5 Å². The SMILES string of the molecule is CC1=CC(C)[CH]C(C(c2ccccc2)c2c(C)cc(C)cc2C)=C1. The lowest BCUT2D eigenvalue weighted by atomic mass is 9.75. The molecule has 1 aliphatic rings. The number of aryl methyl sites for hydroxylation is 3. The summed E-state index contributed by atoms with van der Waals surface area (Å²) in [5.41, 5.74) is 9.72. The normalized spacial score (nSPS) is 18.8. The first kappa shape index (κ1) is 16.8. The highest BCUT2D eigenvalue weighted by molar-refractivity contribution is 5.53. The van der Waals surface area contributed by atoms with Crippen molar-refractivity contribution in [1.29, 1.82) is 0 Å². The van der Waals surface area contributed by atoms with Crippen LogP contribution >= 0.6 is 0 Å². The van der Waals surface area contributed by atoms with Crippen molar-refractivity contribution >= 4 is 0 Å². The van der Waals surface area contributed by atoms with E-state index in [1.165, 1.54) is 39.0 Å². The standard InChI is InChI=1S/C24H27/c1-16-11-17(2)15-22(14-16)24(21-9-7-6-8-10-21)23-19(4)12-18(3)13-20(23)5/h6-16,24H,1-5H3. The van der Waals surface area contributed by atoms with Crippen LogP contribution in [0.25, 0.3) is 0 Å². The van der Waals surface area contributed by atoms with Crippen molar-refractivity contribution in [3.05, 3.63) is 100 Å². The Morgan fingerprint density at radius 1 is 0.875 bits per heavy atom. The van der Waals surface area contributed by atoms with Crippen LogP contribution in [0.1, 0.15) is 47.6 Å². The fourth-order valence-corrected chi connectivity index (χ4v) is 4.12. The minimum Gasteiger partial charge on any atom is -0.0781 e. The highest BCUT2D eigenvalue weighted by Crippen LogP contribution is 2.40. The lowest BCUT2D eigenvalue weighted by Crippen LogP contribution is -2.14. The molecule has 0 N–H and O–H groups in total. The fraction of sp³-hybridized carbons (Fsp3) is 0.292. The van der Waals surface area contributed by atoms with Crippen LogP contribution in [0.2, 0.25) is 0 Å². The molecule has 0 bridgehead atoms. The van der Waals surface area contributed by atoms with Gasteiger partial charge in [-0.15, -0.1) is 0 Å². The molecule has 0 fully saturated rings. The van der Waals surface area contributed by atoms with Gasteiger partial charge < -0.3 is 0 Å². The van der Waals surface area contributed by atoms with E-state index in [1.807, 2.05) is 0 Å². The predicted molar refractivity (Wildman–Crippen MR) is 104 cm³/mol. The van der Waals surface area contributed by atoms with Gasteiger partial charge in [0.25, 0.3) is 0 Å². The smallest absolute Gasteiger partial charge is 0.0310 e. The van der Waals surface area contributed by atoms with E-state index in [0.29, 0.717) is 11.8 Å². The molecule has 2 aromatic carbocycles. The van der Waals surface area contributed by atoms with Gasteiger partial charge in [-0.1, -0.05) is 78.3 Å². The highest BCUT2D eigenvalue weighted by Gasteiger charge is 2.25. The van der Waals surface area contributed by atoms with Crippen molar-refractivity contribution in [1.82, 2.24) is 0 Å². The molecule has 1 radical (unpaired) electrons. The third-order valence-corrected chi connectivity index (χ3v) is 4.87. The molecular weight excluding hydrogens is 288 g/mol. The molecule has 0 spiro atoms. The molecule has 2 unspecified atom stereocenters. The molecule has 0 saturated carbocycles. The van der Waals surface area contributed by atoms with Gasteiger partial charge in [-0.25, -0.2) is 0 Å². The number of hydrogen-bond donors (Lipinski definition) is 0. The Bertz CT molecular complexity index is 767. The summed E-state index contributed by atoms with van der Waals surface area (Å²) in [7, 11) is 0. The fourth-order valence-electron chi connectivity index (χ4n) is 4.12. The van der Waals surface area contributed by atoms with Gasteiger partial charge >= 0.3 is 0 Å². The first-order valence-corrected chi connectivity index (χ1v) is 8.83. The molecule has 2 aromatic rings. The van der Waals surface area contributed by atoms with Crippen molar-refractivity contribution < 1.29 is 0 Å². The van der Waals surface area contributed by atoms with Gasteiger partial charge in [0.15, 0.2) is 0 Å². The van der Waals surface area contributed by atoms with Gasteiger partial charge in [-0.2, -0.15) is 0 Å². The Morgan fingerprint density at radius 3 is 2.08 bits per heavy atom. The van der Waals surface area contributed by atoms with E-state index in [4.69, 9.17) is 0 Å². The van der Waals surface area contributed by atoms with Gasteiger partial charge in [0.05, 0.1) is 0 Å². The van der Waals surface area contributed by atoms with Gasteiger partial charge in [0.1, 0.15) is 0 Å². The van der Waals surface area contributed by atoms with Crippen LogP contribution in [-0.2, 0) is 0 Å². The van der Waals surface area contributed by atoms with Crippen molar-refractivity contribution in [3.8, 4) is 0 Å². The summed E-state index contributed by atoms with van der Waals surface area (Å²) in [5, 5.41) is 0. The summed E-state index contributed by atoms with van der Waals surface area (Å²) in [5.74, 6) is 0.792. The van der Waals surface area contributed by atoms with Crippen LogP contribution in [0.4, 0.5) is 0 Å². The van der Waals surface area contributed by atoms with Crippen LogP contribution in [0, 0.1) is 33.1 Å². The molecule has 0 aliphatic heterocycles. The molecule has 0 saturated heterocycles. The van der Waals surface area contributed by atoms with E-state index in [9.17, 15) is 0 Å². The predicted octanol–water partition coefficient (Wildman–Crippen LogP) is 6.47. The Hall–Kier alpha value is -2.08. The second-order valence-corrected chi connectivity index (χ2v) is 7.24. The summed E-state index contributed by atoms with van der Waals surface area (Å²) in [6, 6.07) is 15.5. The topological polar surface area (TPSA) is 0 Å². The summed E-state index contributed by atoms with van der Waals surface area (Å²) < 4.78 is 0. The van der Waals surface area contributed by atoms with E-state index >= 15 is 0 Å². The zero-order valence-corrected chi connectivity index (χ0v) is 15.4. The summed E-state index contributed by atoms with van der Waals surface area (Å²) >= 11 is 0. The Morgan fingerprint density at radius 2 is 1.50 bits per heavy atom. The molecule has 24 heavy (non-hydrogen) atoms. The maximum atomic E-state index is 2.42. The van der Waals surface area contributed by atoms with E-state index in [1.54, 1.807) is 0 Å². The summed E-state index contributed by atoms with van der Waals surface area (Å²) in [6.07, 6.45) is 7.11. The molecule has 2 atom stereocenters. The van der Waals surface area contributed by atoms with Gasteiger partial charge in [0.2, 0.25) is 0 Å². The molecule has 123 valence electrons. The molecule has 3 rings (SSSR count). The van der Waals surface area contributed by atoms with Crippen molar-refractivity contribution in [2.24, 2.45) is 5.92 Å². The van der Waals surface area contributed by atoms with Crippen LogP contribution in [0.5, 0.6) is 0 Å². The minimum absolute atomic E-state index is 0.304. The van der Waals surface area contributed by atoms with Gasteiger partial charge in [0, 0.05) is 5.92 Å². The van der Waals surface area contributed by atoms with Crippen LogP contribution in [0.15, 0.2) is 65.8 Å². The molecule has 0 heteroatoms. The molecular formula is C24H27. The number of hydrogen-bond acceptors (Lipinski definition) is 0. The molecule has 0 aromatic heterocycles.